The molecule has 0 bridgehead atoms. The lowest BCUT2D eigenvalue weighted by Crippen LogP contribution is -2.28. The van der Waals surface area contributed by atoms with Crippen molar-refractivity contribution in [2.75, 3.05) is 51.6 Å². The van der Waals surface area contributed by atoms with Crippen molar-refractivity contribution in [3.63, 3.8) is 0 Å². The molecule has 0 aliphatic carbocycles. The average molecular weight is 491 g/mol. The molecule has 0 spiro atoms. The molecule has 3 aromatic heterocycles. The Morgan fingerprint density at radius 3 is 2.67 bits per heavy atom. The van der Waals surface area contributed by atoms with E-state index in [4.69, 9.17) is 9.72 Å². The quantitative estimate of drug-likeness (QED) is 0.260. The maximum Gasteiger partial charge on any atom is 0.294 e. The van der Waals surface area contributed by atoms with Crippen molar-refractivity contribution in [1.82, 2.24) is 24.5 Å². The number of nitro benzene ring substituents is 1. The van der Waals surface area contributed by atoms with E-state index in [1.165, 1.54) is 13.2 Å². The number of nitrogens with one attached hydrogen (secondary N) is 1. The van der Waals surface area contributed by atoms with Crippen LogP contribution in [0.5, 0.6) is 5.75 Å². The van der Waals surface area contributed by atoms with E-state index in [1.807, 2.05) is 62.3 Å². The molecule has 11 nitrogen and oxygen atoms in total. The van der Waals surface area contributed by atoms with Crippen molar-refractivity contribution in [2.45, 2.75) is 13.3 Å². The second-order valence-electron chi connectivity index (χ2n) is 8.66. The van der Waals surface area contributed by atoms with Gasteiger partial charge in [-0.2, -0.15) is 5.10 Å². The molecule has 4 aromatic rings. The lowest BCUT2D eigenvalue weighted by molar-refractivity contribution is -0.384. The van der Waals surface area contributed by atoms with Gasteiger partial charge in [0.1, 0.15) is 11.4 Å². The molecule has 0 amide bonds. The van der Waals surface area contributed by atoms with E-state index in [-0.39, 0.29) is 5.69 Å². The molecule has 0 saturated heterocycles. The highest BCUT2D eigenvalue weighted by Crippen LogP contribution is 2.39. The smallest absolute Gasteiger partial charge is 0.294 e. The van der Waals surface area contributed by atoms with Gasteiger partial charge in [0, 0.05) is 50.2 Å². The van der Waals surface area contributed by atoms with Gasteiger partial charge < -0.3 is 19.9 Å². The fourth-order valence-corrected chi connectivity index (χ4v) is 3.94. The number of anilines is 3. The minimum absolute atomic E-state index is 0.0346. The van der Waals surface area contributed by atoms with E-state index in [1.54, 1.807) is 23.0 Å². The number of benzene rings is 1. The molecule has 11 heteroatoms. The summed E-state index contributed by atoms with van der Waals surface area (Å²) in [6, 6.07) is 8.98. The van der Waals surface area contributed by atoms with Crippen LogP contribution in [0.2, 0.25) is 0 Å². The summed E-state index contributed by atoms with van der Waals surface area (Å²) in [6.45, 7) is 3.41. The van der Waals surface area contributed by atoms with Gasteiger partial charge in [0.05, 0.1) is 35.1 Å². The van der Waals surface area contributed by atoms with Gasteiger partial charge in [0.2, 0.25) is 5.95 Å². The van der Waals surface area contributed by atoms with Gasteiger partial charge in [-0.05, 0) is 38.2 Å². The molecule has 0 radical (unpaired) electrons. The van der Waals surface area contributed by atoms with Crippen molar-refractivity contribution in [3.05, 3.63) is 64.6 Å². The Morgan fingerprint density at radius 2 is 1.97 bits per heavy atom. The molecule has 188 valence electrons. The highest BCUT2D eigenvalue weighted by atomic mass is 16.6. The molecule has 1 N–H and O–H groups in total. The van der Waals surface area contributed by atoms with Crippen LogP contribution in [-0.4, -0.2) is 70.7 Å². The second-order valence-corrected chi connectivity index (χ2v) is 8.66. The Balaban J connectivity index is 1.73. The number of nitro groups is 1. The fraction of sp³-hybridized carbons (Fsp3) is 0.320. The normalized spacial score (nSPS) is 11.2. The first-order valence-corrected chi connectivity index (χ1v) is 11.6. The van der Waals surface area contributed by atoms with Crippen LogP contribution >= 0.6 is 0 Å². The van der Waals surface area contributed by atoms with Crippen LogP contribution in [0.4, 0.5) is 23.0 Å². The van der Waals surface area contributed by atoms with Crippen LogP contribution < -0.4 is 15.0 Å². The summed E-state index contributed by atoms with van der Waals surface area (Å²) in [7, 11) is 7.27. The highest BCUT2D eigenvalue weighted by Gasteiger charge is 2.23. The van der Waals surface area contributed by atoms with Gasteiger partial charge in [0.25, 0.3) is 5.69 Å². The molecular formula is C25H30N8O3. The third-order valence-corrected chi connectivity index (χ3v) is 5.96. The van der Waals surface area contributed by atoms with E-state index >= 15 is 0 Å². The second kappa shape index (κ2) is 10.6. The third-order valence-electron chi connectivity index (χ3n) is 5.96. The summed E-state index contributed by atoms with van der Waals surface area (Å²) in [5, 5.41) is 19.5. The number of fused-ring (bicyclic) bond motifs is 1. The molecule has 36 heavy (non-hydrogen) atoms. The zero-order chi connectivity index (χ0) is 25.8. The molecule has 0 saturated carbocycles. The van der Waals surface area contributed by atoms with Gasteiger partial charge in [0.15, 0.2) is 0 Å². The largest absolute Gasteiger partial charge is 0.494 e. The van der Waals surface area contributed by atoms with Crippen molar-refractivity contribution < 1.29 is 9.66 Å². The number of rotatable bonds is 10. The summed E-state index contributed by atoms with van der Waals surface area (Å²) in [5.74, 6) is 0.756. The minimum atomic E-state index is -0.391. The summed E-state index contributed by atoms with van der Waals surface area (Å²) >= 11 is 0. The van der Waals surface area contributed by atoms with Crippen LogP contribution in [0.1, 0.15) is 12.5 Å². The maximum absolute atomic E-state index is 11.9. The van der Waals surface area contributed by atoms with E-state index < -0.39 is 4.92 Å². The molecule has 4 rings (SSSR count). The molecule has 0 unspecified atom stereocenters. The van der Waals surface area contributed by atoms with E-state index in [9.17, 15) is 10.1 Å². The summed E-state index contributed by atoms with van der Waals surface area (Å²) < 4.78 is 7.38. The van der Waals surface area contributed by atoms with Gasteiger partial charge >= 0.3 is 0 Å². The number of likely N-dealkylation sites (N-methyl/N-ethyl adjacent to an activating group) is 2. The van der Waals surface area contributed by atoms with Crippen LogP contribution in [0.15, 0.2) is 48.9 Å². The lowest BCUT2D eigenvalue weighted by Gasteiger charge is -2.22. The molecule has 0 aliphatic rings. The van der Waals surface area contributed by atoms with Crippen molar-refractivity contribution in [1.29, 1.82) is 0 Å². The molecule has 0 atom stereocenters. The van der Waals surface area contributed by atoms with Crippen LogP contribution in [0, 0.1) is 10.1 Å². The number of nitrogens with zero attached hydrogens (tertiary/aromatic N) is 7. The molecule has 0 aliphatic heterocycles. The summed E-state index contributed by atoms with van der Waals surface area (Å²) in [5.41, 5.74) is 4.37. The molecule has 0 fully saturated rings. The van der Waals surface area contributed by atoms with Crippen LogP contribution in [-0.2, 0) is 6.42 Å². The highest BCUT2D eigenvalue weighted by molar-refractivity contribution is 5.81. The van der Waals surface area contributed by atoms with Crippen molar-refractivity contribution >= 4 is 28.5 Å². The molecular weight excluding hydrogens is 460 g/mol. The standard InChI is InChI=1S/C25H30N8O3/c1-6-17-15-26-25(29-24(17)18-16-27-32-10-8-7-9-20(18)32)28-19-13-22(33(34)35)21(14-23(19)36-5)31(4)12-11-30(2)3/h7-10,13-16H,6,11-12H2,1-5H3,(H,26,28,29). The number of methoxy groups -OCH3 is 1. The molecule has 3 heterocycles. The van der Waals surface area contributed by atoms with Crippen LogP contribution in [0.25, 0.3) is 16.8 Å². The van der Waals surface area contributed by atoms with Gasteiger partial charge in [-0.3, -0.25) is 10.1 Å². The van der Waals surface area contributed by atoms with E-state index in [0.29, 0.717) is 29.6 Å². The third kappa shape index (κ3) is 5.05. The number of pyridine rings is 1. The zero-order valence-corrected chi connectivity index (χ0v) is 21.1. The van der Waals surface area contributed by atoms with Gasteiger partial charge in [-0.15, -0.1) is 0 Å². The topological polar surface area (TPSA) is 114 Å². The number of aromatic nitrogens is 4. The van der Waals surface area contributed by atoms with E-state index in [2.05, 4.69) is 15.4 Å². The Kier molecular flexibility index (Phi) is 7.30. The predicted octanol–water partition coefficient (Wildman–Crippen LogP) is 4.01. The number of ether oxygens (including phenoxy) is 1. The van der Waals surface area contributed by atoms with Crippen molar-refractivity contribution in [2.24, 2.45) is 0 Å². The van der Waals surface area contributed by atoms with Crippen molar-refractivity contribution in [3.8, 4) is 17.0 Å². The van der Waals surface area contributed by atoms with E-state index in [0.717, 1.165) is 35.3 Å². The number of aryl methyl sites for hydroxylation is 1. The first-order chi connectivity index (χ1) is 17.3. The molecule has 1 aromatic carbocycles. The monoisotopic (exact) mass is 490 g/mol. The lowest BCUT2D eigenvalue weighted by atomic mass is 10.1. The fourth-order valence-electron chi connectivity index (χ4n) is 3.94. The first-order valence-electron chi connectivity index (χ1n) is 11.6. The summed E-state index contributed by atoms with van der Waals surface area (Å²) in [4.78, 5) is 24.7. The summed E-state index contributed by atoms with van der Waals surface area (Å²) in [6.07, 6.45) is 6.17. The predicted molar refractivity (Wildman–Crippen MR) is 140 cm³/mol. The first kappa shape index (κ1) is 24.9. The van der Waals surface area contributed by atoms with Crippen LogP contribution in [0.3, 0.4) is 0 Å². The minimum Gasteiger partial charge on any atom is -0.494 e. The number of hydrogen-bond donors (Lipinski definition) is 1. The maximum atomic E-state index is 11.9. The number of hydrogen-bond acceptors (Lipinski definition) is 9. The Bertz CT molecular complexity index is 1390. The average Bonchev–Trinajstić information content (AvgIpc) is 3.31. The van der Waals surface area contributed by atoms with Gasteiger partial charge in [-0.1, -0.05) is 13.0 Å². The Hall–Kier alpha value is -4.25. The Morgan fingerprint density at radius 1 is 1.17 bits per heavy atom. The zero-order valence-electron chi connectivity index (χ0n) is 21.1. The van der Waals surface area contributed by atoms with Gasteiger partial charge in [-0.25, -0.2) is 14.5 Å². The Labute approximate surface area is 209 Å². The SMILES string of the molecule is CCc1cnc(Nc2cc([N+](=O)[O-])c(N(C)CCN(C)C)cc2OC)nc1-c1cnn2ccccc12.